The highest BCUT2D eigenvalue weighted by Gasteiger charge is 2.15. The molecule has 70 valence electrons. The highest BCUT2D eigenvalue weighted by molar-refractivity contribution is 6.31. The molecule has 0 saturated heterocycles. The van der Waals surface area contributed by atoms with Gasteiger partial charge in [0.2, 0.25) is 0 Å². The minimum atomic E-state index is -0.310. The van der Waals surface area contributed by atoms with Gasteiger partial charge < -0.3 is 4.90 Å². The number of hydrogen-bond acceptors (Lipinski definition) is 1. The molecule has 0 spiro atoms. The molecule has 1 aromatic carbocycles. The Morgan fingerprint density at radius 1 is 1.46 bits per heavy atom. The number of aryl methyl sites for hydroxylation is 1. The molecule has 1 aliphatic rings. The van der Waals surface area contributed by atoms with Crippen molar-refractivity contribution in [2.24, 2.45) is 0 Å². The summed E-state index contributed by atoms with van der Waals surface area (Å²) in [6.45, 7) is 1.02. The molecule has 0 unspecified atom stereocenters. The van der Waals surface area contributed by atoms with Gasteiger partial charge in [0.15, 0.2) is 0 Å². The molecule has 0 saturated carbocycles. The van der Waals surface area contributed by atoms with Crippen molar-refractivity contribution in [1.82, 2.24) is 0 Å². The summed E-state index contributed by atoms with van der Waals surface area (Å²) in [5.74, 6) is -0.310. The van der Waals surface area contributed by atoms with Gasteiger partial charge in [0.05, 0.1) is 5.02 Å². The van der Waals surface area contributed by atoms with E-state index in [1.807, 2.05) is 7.05 Å². The lowest BCUT2D eigenvalue weighted by molar-refractivity contribution is 0.621. The second-order valence-electron chi connectivity index (χ2n) is 3.42. The van der Waals surface area contributed by atoms with Crippen LogP contribution < -0.4 is 4.90 Å². The molecule has 0 fully saturated rings. The van der Waals surface area contributed by atoms with Gasteiger partial charge in [-0.25, -0.2) is 4.39 Å². The van der Waals surface area contributed by atoms with Gasteiger partial charge in [-0.1, -0.05) is 11.6 Å². The Kier molecular flexibility index (Phi) is 2.16. The van der Waals surface area contributed by atoms with Gasteiger partial charge >= 0.3 is 0 Å². The van der Waals surface area contributed by atoms with Gasteiger partial charge in [-0.15, -0.1) is 0 Å². The number of nitrogens with zero attached hydrogens (tertiary/aromatic N) is 1. The van der Waals surface area contributed by atoms with E-state index in [-0.39, 0.29) is 10.8 Å². The fourth-order valence-electron chi connectivity index (χ4n) is 1.76. The number of fused-ring (bicyclic) bond motifs is 1. The Labute approximate surface area is 82.1 Å². The normalized spacial score (nSPS) is 15.8. The van der Waals surface area contributed by atoms with Crippen molar-refractivity contribution >= 4 is 17.3 Å². The first-order valence-electron chi connectivity index (χ1n) is 4.37. The molecule has 0 aromatic heterocycles. The Morgan fingerprint density at radius 2 is 2.23 bits per heavy atom. The van der Waals surface area contributed by atoms with Crippen LogP contribution >= 0.6 is 11.6 Å². The molecule has 2 rings (SSSR count). The minimum absolute atomic E-state index is 0.215. The Bertz CT molecular complexity index is 338. The van der Waals surface area contributed by atoms with Crippen molar-refractivity contribution in [3.8, 4) is 0 Å². The number of benzene rings is 1. The van der Waals surface area contributed by atoms with Gasteiger partial charge in [0, 0.05) is 19.3 Å². The Hall–Kier alpha value is -0.760. The third-order valence-corrected chi connectivity index (χ3v) is 2.76. The van der Waals surface area contributed by atoms with Crippen LogP contribution in [0.5, 0.6) is 0 Å². The summed E-state index contributed by atoms with van der Waals surface area (Å²) in [6, 6.07) is 3.26. The summed E-state index contributed by atoms with van der Waals surface area (Å²) in [5, 5.41) is 0.215. The van der Waals surface area contributed by atoms with Crippen molar-refractivity contribution in [2.75, 3.05) is 18.5 Å². The topological polar surface area (TPSA) is 3.24 Å². The van der Waals surface area contributed by atoms with Crippen LogP contribution in [0.1, 0.15) is 12.0 Å². The van der Waals surface area contributed by atoms with Gasteiger partial charge in [-0.05, 0) is 30.5 Å². The minimum Gasteiger partial charge on any atom is -0.374 e. The SMILES string of the molecule is CN1CCCc2cc(F)c(Cl)cc21. The van der Waals surface area contributed by atoms with E-state index < -0.39 is 0 Å². The lowest BCUT2D eigenvalue weighted by Gasteiger charge is -2.27. The molecule has 13 heavy (non-hydrogen) atoms. The van der Waals surface area contributed by atoms with Crippen molar-refractivity contribution < 1.29 is 4.39 Å². The second-order valence-corrected chi connectivity index (χ2v) is 3.83. The smallest absolute Gasteiger partial charge is 0.142 e. The zero-order valence-corrected chi connectivity index (χ0v) is 8.24. The average molecular weight is 200 g/mol. The van der Waals surface area contributed by atoms with Crippen LogP contribution in [0.25, 0.3) is 0 Å². The van der Waals surface area contributed by atoms with Gasteiger partial charge in [-0.3, -0.25) is 0 Å². The van der Waals surface area contributed by atoms with Crippen LogP contribution in [0.4, 0.5) is 10.1 Å². The molecular formula is C10H11ClFN. The van der Waals surface area contributed by atoms with E-state index in [4.69, 9.17) is 11.6 Å². The molecule has 3 heteroatoms. The van der Waals surface area contributed by atoms with E-state index in [2.05, 4.69) is 4.90 Å². The molecular weight excluding hydrogens is 189 g/mol. The maximum Gasteiger partial charge on any atom is 0.142 e. The summed E-state index contributed by atoms with van der Waals surface area (Å²) < 4.78 is 13.1. The highest BCUT2D eigenvalue weighted by atomic mass is 35.5. The highest BCUT2D eigenvalue weighted by Crippen LogP contribution is 2.30. The van der Waals surface area contributed by atoms with Crippen LogP contribution in [0.15, 0.2) is 12.1 Å². The molecule has 0 bridgehead atoms. The van der Waals surface area contributed by atoms with Gasteiger partial charge in [0.25, 0.3) is 0 Å². The first kappa shape index (κ1) is 8.82. The molecule has 0 atom stereocenters. The van der Waals surface area contributed by atoms with Crippen LogP contribution in [0.2, 0.25) is 5.02 Å². The fourth-order valence-corrected chi connectivity index (χ4v) is 1.92. The summed E-state index contributed by atoms with van der Waals surface area (Å²) in [6.07, 6.45) is 2.04. The van der Waals surface area contributed by atoms with Crippen LogP contribution in [-0.2, 0) is 6.42 Å². The van der Waals surface area contributed by atoms with E-state index >= 15 is 0 Å². The van der Waals surface area contributed by atoms with Gasteiger partial charge in [-0.2, -0.15) is 0 Å². The zero-order valence-electron chi connectivity index (χ0n) is 7.48. The average Bonchev–Trinajstić information content (AvgIpc) is 2.09. The lowest BCUT2D eigenvalue weighted by atomic mass is 10.0. The number of anilines is 1. The van der Waals surface area contributed by atoms with E-state index in [0.717, 1.165) is 30.6 Å². The third-order valence-electron chi connectivity index (χ3n) is 2.47. The molecule has 1 heterocycles. The van der Waals surface area contributed by atoms with E-state index in [0.29, 0.717) is 0 Å². The van der Waals surface area contributed by atoms with Crippen molar-refractivity contribution in [3.05, 3.63) is 28.5 Å². The summed E-state index contributed by atoms with van der Waals surface area (Å²) >= 11 is 5.71. The molecule has 0 aliphatic carbocycles. The summed E-state index contributed by atoms with van der Waals surface area (Å²) in [5.41, 5.74) is 2.13. The summed E-state index contributed by atoms with van der Waals surface area (Å²) in [4.78, 5) is 2.12. The maximum atomic E-state index is 13.1. The molecule has 0 radical (unpaired) electrons. The van der Waals surface area contributed by atoms with Crippen LogP contribution in [0, 0.1) is 5.82 Å². The molecule has 1 aliphatic heterocycles. The van der Waals surface area contributed by atoms with Crippen molar-refractivity contribution in [1.29, 1.82) is 0 Å². The second kappa shape index (κ2) is 3.18. The van der Waals surface area contributed by atoms with Crippen LogP contribution in [-0.4, -0.2) is 13.6 Å². The molecule has 0 amide bonds. The predicted molar refractivity (Wildman–Crippen MR) is 53.0 cm³/mol. The molecule has 1 nitrogen and oxygen atoms in total. The predicted octanol–water partition coefficient (Wildman–Crippen LogP) is 2.86. The molecule has 1 aromatic rings. The largest absolute Gasteiger partial charge is 0.374 e. The third kappa shape index (κ3) is 1.51. The number of halogens is 2. The fraction of sp³-hybridized carbons (Fsp3) is 0.400. The van der Waals surface area contributed by atoms with E-state index in [1.165, 1.54) is 0 Å². The first-order valence-corrected chi connectivity index (χ1v) is 4.75. The monoisotopic (exact) mass is 199 g/mol. The zero-order chi connectivity index (χ0) is 9.42. The Balaban J connectivity index is 2.52. The molecule has 0 N–H and O–H groups in total. The van der Waals surface area contributed by atoms with Crippen molar-refractivity contribution in [2.45, 2.75) is 12.8 Å². The standard InChI is InChI=1S/C10H11ClFN/c1-13-4-2-3-7-5-9(12)8(11)6-10(7)13/h5-6H,2-4H2,1H3. The van der Waals surface area contributed by atoms with E-state index in [9.17, 15) is 4.39 Å². The number of hydrogen-bond donors (Lipinski definition) is 0. The van der Waals surface area contributed by atoms with Gasteiger partial charge in [0.1, 0.15) is 5.82 Å². The quantitative estimate of drug-likeness (QED) is 0.621. The first-order chi connectivity index (χ1) is 6.18. The Morgan fingerprint density at radius 3 is 3.00 bits per heavy atom. The van der Waals surface area contributed by atoms with Crippen molar-refractivity contribution in [3.63, 3.8) is 0 Å². The summed E-state index contributed by atoms with van der Waals surface area (Å²) in [7, 11) is 2.01. The maximum absolute atomic E-state index is 13.1. The van der Waals surface area contributed by atoms with E-state index in [1.54, 1.807) is 12.1 Å². The lowest BCUT2D eigenvalue weighted by Crippen LogP contribution is -2.24. The number of rotatable bonds is 0. The van der Waals surface area contributed by atoms with Crippen LogP contribution in [0.3, 0.4) is 0 Å².